The van der Waals surface area contributed by atoms with Crippen molar-refractivity contribution >= 4 is 11.6 Å². The zero-order valence-corrected chi connectivity index (χ0v) is 9.73. The van der Waals surface area contributed by atoms with Crippen molar-refractivity contribution in [3.8, 4) is 0 Å². The first-order valence-electron chi connectivity index (χ1n) is 5.33. The first-order chi connectivity index (χ1) is 8.09. The Morgan fingerprint density at radius 3 is 2.71 bits per heavy atom. The van der Waals surface area contributed by atoms with Gasteiger partial charge in [-0.25, -0.2) is 4.39 Å². The molecule has 2 rings (SSSR count). The summed E-state index contributed by atoms with van der Waals surface area (Å²) in [6.07, 6.45) is 4.67. The molecular formula is C12H11ClFNO2. The molecule has 2 atom stereocenters. The highest BCUT2D eigenvalue weighted by Gasteiger charge is 2.34. The lowest BCUT2D eigenvalue weighted by Gasteiger charge is -2.23. The Balaban J connectivity index is 2.37. The van der Waals surface area contributed by atoms with Gasteiger partial charge in [0.1, 0.15) is 5.82 Å². The van der Waals surface area contributed by atoms with Crippen LogP contribution in [-0.4, -0.2) is 11.0 Å². The average molecular weight is 256 g/mol. The molecule has 3 nitrogen and oxygen atoms in total. The molecule has 0 amide bonds. The zero-order chi connectivity index (χ0) is 12.4. The predicted octanol–water partition coefficient (Wildman–Crippen LogP) is 3.56. The van der Waals surface area contributed by atoms with Crippen LogP contribution in [0.25, 0.3) is 0 Å². The van der Waals surface area contributed by atoms with E-state index in [9.17, 15) is 14.5 Å². The molecule has 0 heterocycles. The third-order valence-electron chi connectivity index (χ3n) is 3.03. The lowest BCUT2D eigenvalue weighted by Crippen LogP contribution is -2.29. The topological polar surface area (TPSA) is 43.1 Å². The van der Waals surface area contributed by atoms with E-state index in [0.717, 1.165) is 0 Å². The number of nitro groups is 1. The van der Waals surface area contributed by atoms with Gasteiger partial charge in [-0.1, -0.05) is 29.8 Å². The van der Waals surface area contributed by atoms with E-state index >= 15 is 0 Å². The molecule has 2 unspecified atom stereocenters. The average Bonchev–Trinajstić information content (AvgIpc) is 2.29. The van der Waals surface area contributed by atoms with Crippen molar-refractivity contribution in [3.63, 3.8) is 0 Å². The number of hydrogen-bond donors (Lipinski definition) is 0. The van der Waals surface area contributed by atoms with E-state index < -0.39 is 11.9 Å². The third-order valence-corrected chi connectivity index (χ3v) is 3.36. The van der Waals surface area contributed by atoms with Crippen LogP contribution in [0.2, 0.25) is 5.02 Å². The fourth-order valence-corrected chi connectivity index (χ4v) is 2.48. The SMILES string of the molecule is O=[N+]([O-])C1CC=CCC1c1ccc(F)cc1Cl. The Hall–Kier alpha value is -1.42. The molecule has 0 radical (unpaired) electrons. The van der Waals surface area contributed by atoms with Gasteiger partial charge in [-0.2, -0.15) is 0 Å². The van der Waals surface area contributed by atoms with Gasteiger partial charge in [0.25, 0.3) is 0 Å². The first kappa shape index (κ1) is 12.0. The normalized spacial score (nSPS) is 23.6. The monoisotopic (exact) mass is 255 g/mol. The van der Waals surface area contributed by atoms with Gasteiger partial charge < -0.3 is 0 Å². The molecule has 0 bridgehead atoms. The fourth-order valence-electron chi connectivity index (χ4n) is 2.17. The highest BCUT2D eigenvalue weighted by Crippen LogP contribution is 2.35. The van der Waals surface area contributed by atoms with Crippen LogP contribution in [-0.2, 0) is 0 Å². The summed E-state index contributed by atoms with van der Waals surface area (Å²) >= 11 is 5.95. The molecule has 1 aliphatic rings. The number of benzene rings is 1. The van der Waals surface area contributed by atoms with Gasteiger partial charge in [-0.15, -0.1) is 0 Å². The molecule has 0 aliphatic heterocycles. The summed E-state index contributed by atoms with van der Waals surface area (Å²) < 4.78 is 12.9. The van der Waals surface area contributed by atoms with Crippen molar-refractivity contribution in [1.82, 2.24) is 0 Å². The van der Waals surface area contributed by atoms with Crippen molar-refractivity contribution in [1.29, 1.82) is 0 Å². The maximum atomic E-state index is 12.9. The summed E-state index contributed by atoms with van der Waals surface area (Å²) in [6.45, 7) is 0. The summed E-state index contributed by atoms with van der Waals surface area (Å²) in [6, 6.07) is 3.35. The number of rotatable bonds is 2. The second kappa shape index (κ2) is 4.84. The Morgan fingerprint density at radius 1 is 1.35 bits per heavy atom. The maximum Gasteiger partial charge on any atom is 0.223 e. The van der Waals surface area contributed by atoms with Crippen LogP contribution in [0.5, 0.6) is 0 Å². The van der Waals surface area contributed by atoms with E-state index in [1.165, 1.54) is 18.2 Å². The molecule has 0 N–H and O–H groups in total. The number of halogens is 2. The fraction of sp³-hybridized carbons (Fsp3) is 0.333. The van der Waals surface area contributed by atoms with Gasteiger partial charge in [0, 0.05) is 16.4 Å². The van der Waals surface area contributed by atoms with Crippen LogP contribution in [0.1, 0.15) is 24.3 Å². The van der Waals surface area contributed by atoms with Gasteiger partial charge in [0.2, 0.25) is 6.04 Å². The van der Waals surface area contributed by atoms with Crippen LogP contribution in [0.15, 0.2) is 30.4 Å². The minimum Gasteiger partial charge on any atom is -0.264 e. The Morgan fingerprint density at radius 2 is 2.06 bits per heavy atom. The van der Waals surface area contributed by atoms with Gasteiger partial charge in [0.05, 0.1) is 5.92 Å². The lowest BCUT2D eigenvalue weighted by atomic mass is 9.84. The molecule has 0 saturated heterocycles. The first-order valence-corrected chi connectivity index (χ1v) is 5.71. The van der Waals surface area contributed by atoms with E-state index in [2.05, 4.69) is 0 Å². The van der Waals surface area contributed by atoms with Crippen LogP contribution in [0, 0.1) is 15.9 Å². The lowest BCUT2D eigenvalue weighted by molar-refractivity contribution is -0.526. The van der Waals surface area contributed by atoms with Crippen LogP contribution >= 0.6 is 11.6 Å². The highest BCUT2D eigenvalue weighted by molar-refractivity contribution is 6.31. The largest absolute Gasteiger partial charge is 0.264 e. The standard InChI is InChI=1S/C12H11ClFNO2/c13-11-7-8(14)5-6-9(11)10-3-1-2-4-12(10)15(16)17/h1-2,5-7,10,12H,3-4H2. The molecule has 1 aromatic carbocycles. The van der Waals surface area contributed by atoms with Crippen LogP contribution in [0.3, 0.4) is 0 Å². The second-order valence-corrected chi connectivity index (χ2v) is 4.48. The van der Waals surface area contributed by atoms with Crippen molar-refractivity contribution in [3.05, 3.63) is 56.9 Å². The molecule has 0 spiro atoms. The van der Waals surface area contributed by atoms with Crippen molar-refractivity contribution < 1.29 is 9.31 Å². The summed E-state index contributed by atoms with van der Waals surface area (Å²) in [7, 11) is 0. The Kier molecular flexibility index (Phi) is 3.43. The van der Waals surface area contributed by atoms with Gasteiger partial charge in [-0.3, -0.25) is 10.1 Å². The van der Waals surface area contributed by atoms with E-state index in [1.54, 1.807) is 6.08 Å². The molecule has 0 saturated carbocycles. The minimum absolute atomic E-state index is 0.261. The summed E-state index contributed by atoms with van der Waals surface area (Å²) in [5.74, 6) is -0.703. The number of allylic oxidation sites excluding steroid dienone is 1. The maximum absolute atomic E-state index is 12.9. The smallest absolute Gasteiger partial charge is 0.223 e. The Bertz CT molecular complexity index is 476. The predicted molar refractivity (Wildman–Crippen MR) is 63.3 cm³/mol. The highest BCUT2D eigenvalue weighted by atomic mass is 35.5. The molecule has 90 valence electrons. The van der Waals surface area contributed by atoms with E-state index in [-0.39, 0.29) is 15.9 Å². The van der Waals surface area contributed by atoms with E-state index in [0.29, 0.717) is 18.4 Å². The summed E-state index contributed by atoms with van der Waals surface area (Å²) in [5, 5.41) is 11.2. The molecule has 0 aromatic heterocycles. The van der Waals surface area contributed by atoms with Crippen molar-refractivity contribution in [2.45, 2.75) is 24.8 Å². The molecule has 0 fully saturated rings. The van der Waals surface area contributed by atoms with Gasteiger partial charge in [-0.05, 0) is 24.1 Å². The second-order valence-electron chi connectivity index (χ2n) is 4.07. The van der Waals surface area contributed by atoms with Gasteiger partial charge >= 0.3 is 0 Å². The number of hydrogen-bond acceptors (Lipinski definition) is 2. The minimum atomic E-state index is -0.678. The van der Waals surface area contributed by atoms with E-state index in [1.807, 2.05) is 6.08 Å². The zero-order valence-electron chi connectivity index (χ0n) is 8.98. The molecule has 17 heavy (non-hydrogen) atoms. The van der Waals surface area contributed by atoms with Crippen LogP contribution < -0.4 is 0 Å². The molecule has 5 heteroatoms. The van der Waals surface area contributed by atoms with Crippen LogP contribution in [0.4, 0.5) is 4.39 Å². The van der Waals surface area contributed by atoms with Crippen molar-refractivity contribution in [2.75, 3.05) is 0 Å². The summed E-state index contributed by atoms with van der Waals surface area (Å²) in [4.78, 5) is 10.7. The molecule has 1 aromatic rings. The summed E-state index contributed by atoms with van der Waals surface area (Å²) in [5.41, 5.74) is 0.652. The molecule has 1 aliphatic carbocycles. The quantitative estimate of drug-likeness (QED) is 0.461. The Labute approximate surface area is 103 Å². The molecular weight excluding hydrogens is 245 g/mol. The van der Waals surface area contributed by atoms with Crippen molar-refractivity contribution in [2.24, 2.45) is 0 Å². The number of nitrogens with zero attached hydrogens (tertiary/aromatic N) is 1. The van der Waals surface area contributed by atoms with Gasteiger partial charge in [0.15, 0.2) is 0 Å². The third kappa shape index (κ3) is 2.47. The van der Waals surface area contributed by atoms with E-state index in [4.69, 9.17) is 11.6 Å².